The normalized spacial score (nSPS) is 10.1. The first-order valence-corrected chi connectivity index (χ1v) is 4.49. The molecule has 0 saturated heterocycles. The molecule has 0 bridgehead atoms. The first-order chi connectivity index (χ1) is 5.93. The molecule has 0 aliphatic heterocycles. The van der Waals surface area contributed by atoms with Crippen molar-refractivity contribution in [3.63, 3.8) is 0 Å². The fourth-order valence-electron chi connectivity index (χ4n) is 1.21. The van der Waals surface area contributed by atoms with E-state index in [9.17, 15) is 0 Å². The molecule has 0 aliphatic rings. The van der Waals surface area contributed by atoms with Gasteiger partial charge in [0.15, 0.2) is 0 Å². The van der Waals surface area contributed by atoms with Gasteiger partial charge in [-0.05, 0) is 30.9 Å². The van der Waals surface area contributed by atoms with Crippen molar-refractivity contribution in [3.05, 3.63) is 35.9 Å². The summed E-state index contributed by atoms with van der Waals surface area (Å²) in [5, 5.41) is 8.56. The minimum atomic E-state index is 0.322. The van der Waals surface area contributed by atoms with Crippen LogP contribution in [0.1, 0.15) is 24.8 Å². The Morgan fingerprint density at radius 2 is 1.83 bits per heavy atom. The van der Waals surface area contributed by atoms with Crippen molar-refractivity contribution in [2.24, 2.45) is 0 Å². The minimum absolute atomic E-state index is 0.322. The molecule has 0 atom stereocenters. The van der Waals surface area contributed by atoms with E-state index in [0.717, 1.165) is 19.3 Å². The van der Waals surface area contributed by atoms with Gasteiger partial charge in [-0.1, -0.05) is 30.7 Å². The minimum Gasteiger partial charge on any atom is -0.396 e. The van der Waals surface area contributed by atoms with Crippen LogP contribution >= 0.6 is 0 Å². The summed E-state index contributed by atoms with van der Waals surface area (Å²) < 4.78 is 0. The highest BCUT2D eigenvalue weighted by Gasteiger charge is 1.91. The summed E-state index contributed by atoms with van der Waals surface area (Å²) in [6, 6.07) is 11.1. The molecule has 65 valence electrons. The molecule has 0 heterocycles. The molecule has 1 aromatic rings. The van der Waals surface area contributed by atoms with Crippen LogP contribution < -0.4 is 0 Å². The number of hydrogen-bond acceptors (Lipinski definition) is 1. The van der Waals surface area contributed by atoms with Crippen LogP contribution in [0.25, 0.3) is 0 Å². The van der Waals surface area contributed by atoms with Crippen molar-refractivity contribution >= 4 is 0 Å². The van der Waals surface area contributed by atoms with Gasteiger partial charge in [0.05, 0.1) is 0 Å². The van der Waals surface area contributed by atoms with E-state index in [1.54, 1.807) is 0 Å². The topological polar surface area (TPSA) is 20.2 Å². The first-order valence-electron chi connectivity index (χ1n) is 4.49. The Kier molecular flexibility index (Phi) is 4.47. The highest BCUT2D eigenvalue weighted by atomic mass is 16.2. The number of hydrogen-bond donors (Lipinski definition) is 1. The zero-order valence-electron chi connectivity index (χ0n) is 7.29. The average molecular weight is 163 g/mol. The van der Waals surface area contributed by atoms with Crippen LogP contribution in [0.15, 0.2) is 24.3 Å². The molecule has 0 spiro atoms. The second-order valence-corrected chi connectivity index (χ2v) is 2.94. The van der Waals surface area contributed by atoms with E-state index in [4.69, 9.17) is 5.11 Å². The van der Waals surface area contributed by atoms with E-state index in [1.165, 1.54) is 12.0 Å². The lowest BCUT2D eigenvalue weighted by atomic mass is 10.1. The highest BCUT2D eigenvalue weighted by Crippen LogP contribution is 2.05. The SMILES string of the molecule is OCCCCCc1cc[c]cc1. The molecule has 0 fully saturated rings. The van der Waals surface area contributed by atoms with E-state index >= 15 is 0 Å². The summed E-state index contributed by atoms with van der Waals surface area (Å²) in [4.78, 5) is 0. The lowest BCUT2D eigenvalue weighted by molar-refractivity contribution is 0.283. The first kappa shape index (κ1) is 9.27. The van der Waals surface area contributed by atoms with Crippen LogP contribution in [0.3, 0.4) is 0 Å². The van der Waals surface area contributed by atoms with Gasteiger partial charge in [-0.3, -0.25) is 0 Å². The molecular weight excluding hydrogens is 148 g/mol. The van der Waals surface area contributed by atoms with Crippen molar-refractivity contribution in [3.8, 4) is 0 Å². The molecule has 0 unspecified atom stereocenters. The van der Waals surface area contributed by atoms with Crippen LogP contribution in [0.5, 0.6) is 0 Å². The van der Waals surface area contributed by atoms with Crippen LogP contribution in [-0.4, -0.2) is 11.7 Å². The average Bonchev–Trinajstić information content (AvgIpc) is 2.14. The summed E-state index contributed by atoms with van der Waals surface area (Å²) in [5.41, 5.74) is 1.37. The summed E-state index contributed by atoms with van der Waals surface area (Å²) in [5.74, 6) is 0. The van der Waals surface area contributed by atoms with E-state index in [0.29, 0.717) is 6.61 Å². The Morgan fingerprint density at radius 1 is 1.08 bits per heavy atom. The molecule has 0 aromatic heterocycles. The van der Waals surface area contributed by atoms with Crippen molar-refractivity contribution in [2.75, 3.05) is 6.61 Å². The Balaban J connectivity index is 2.16. The fourth-order valence-corrected chi connectivity index (χ4v) is 1.21. The molecule has 0 saturated carbocycles. The van der Waals surface area contributed by atoms with Gasteiger partial charge >= 0.3 is 0 Å². The third kappa shape index (κ3) is 3.54. The van der Waals surface area contributed by atoms with E-state index in [-0.39, 0.29) is 0 Å². The zero-order valence-corrected chi connectivity index (χ0v) is 7.29. The number of benzene rings is 1. The fraction of sp³-hybridized carbons (Fsp3) is 0.455. The monoisotopic (exact) mass is 163 g/mol. The number of aliphatic hydroxyl groups is 1. The molecule has 12 heavy (non-hydrogen) atoms. The van der Waals surface area contributed by atoms with Crippen molar-refractivity contribution in [2.45, 2.75) is 25.7 Å². The third-order valence-corrected chi connectivity index (χ3v) is 1.91. The number of aryl methyl sites for hydroxylation is 1. The number of aliphatic hydroxyl groups excluding tert-OH is 1. The van der Waals surface area contributed by atoms with Crippen molar-refractivity contribution in [1.82, 2.24) is 0 Å². The molecule has 0 amide bonds. The van der Waals surface area contributed by atoms with E-state index < -0.39 is 0 Å². The van der Waals surface area contributed by atoms with E-state index in [1.807, 2.05) is 12.1 Å². The molecular formula is C11H15O. The maximum absolute atomic E-state index is 8.56. The molecule has 0 aliphatic carbocycles. The summed E-state index contributed by atoms with van der Waals surface area (Å²) >= 11 is 0. The summed E-state index contributed by atoms with van der Waals surface area (Å²) in [6.45, 7) is 0.322. The molecule has 1 radical (unpaired) electrons. The molecule has 1 heteroatoms. The predicted octanol–water partition coefficient (Wildman–Crippen LogP) is 2.19. The van der Waals surface area contributed by atoms with Gasteiger partial charge in [-0.25, -0.2) is 0 Å². The Hall–Kier alpha value is -0.820. The van der Waals surface area contributed by atoms with Crippen LogP contribution in [-0.2, 0) is 6.42 Å². The van der Waals surface area contributed by atoms with Crippen molar-refractivity contribution in [1.29, 1.82) is 0 Å². The van der Waals surface area contributed by atoms with Gasteiger partial charge in [-0.2, -0.15) is 0 Å². The molecule has 1 N–H and O–H groups in total. The standard InChI is InChI=1S/C11H15O/c12-10-6-2-5-9-11-7-3-1-4-8-11/h3-4,7-8,12H,2,5-6,9-10H2. The Labute approximate surface area is 74.1 Å². The van der Waals surface area contributed by atoms with Crippen molar-refractivity contribution < 1.29 is 5.11 Å². The maximum Gasteiger partial charge on any atom is 0.0431 e. The van der Waals surface area contributed by atoms with Gasteiger partial charge in [-0.15, -0.1) is 0 Å². The Bertz CT molecular complexity index is 193. The summed E-state index contributed by atoms with van der Waals surface area (Å²) in [6.07, 6.45) is 4.34. The smallest absolute Gasteiger partial charge is 0.0431 e. The lowest BCUT2D eigenvalue weighted by Gasteiger charge is -1.99. The summed E-state index contributed by atoms with van der Waals surface area (Å²) in [7, 11) is 0. The maximum atomic E-state index is 8.56. The second kappa shape index (κ2) is 5.78. The second-order valence-electron chi connectivity index (χ2n) is 2.94. The van der Waals surface area contributed by atoms with Crippen LogP contribution in [0.2, 0.25) is 0 Å². The molecule has 1 nitrogen and oxygen atoms in total. The number of unbranched alkanes of at least 4 members (excludes halogenated alkanes) is 2. The largest absolute Gasteiger partial charge is 0.396 e. The van der Waals surface area contributed by atoms with Gasteiger partial charge in [0, 0.05) is 6.61 Å². The zero-order chi connectivity index (χ0) is 8.65. The predicted molar refractivity (Wildman–Crippen MR) is 49.9 cm³/mol. The quantitative estimate of drug-likeness (QED) is 0.660. The van der Waals surface area contributed by atoms with Crippen LogP contribution in [0, 0.1) is 6.07 Å². The van der Waals surface area contributed by atoms with E-state index in [2.05, 4.69) is 18.2 Å². The van der Waals surface area contributed by atoms with Gasteiger partial charge in [0.25, 0.3) is 0 Å². The number of rotatable bonds is 5. The molecule has 1 aromatic carbocycles. The third-order valence-electron chi connectivity index (χ3n) is 1.91. The molecule has 1 rings (SSSR count). The van der Waals surface area contributed by atoms with Crippen LogP contribution in [0.4, 0.5) is 0 Å². The van der Waals surface area contributed by atoms with Gasteiger partial charge in [0.2, 0.25) is 0 Å². The van der Waals surface area contributed by atoms with Gasteiger partial charge in [0.1, 0.15) is 0 Å². The lowest BCUT2D eigenvalue weighted by Crippen LogP contribution is -1.87. The van der Waals surface area contributed by atoms with Gasteiger partial charge < -0.3 is 5.11 Å². The Morgan fingerprint density at radius 3 is 2.50 bits per heavy atom. The highest BCUT2D eigenvalue weighted by molar-refractivity contribution is 5.13.